The van der Waals surface area contributed by atoms with E-state index in [-0.39, 0.29) is 29.6 Å². The summed E-state index contributed by atoms with van der Waals surface area (Å²) in [5.41, 5.74) is 1.22. The number of benzene rings is 1. The summed E-state index contributed by atoms with van der Waals surface area (Å²) in [6, 6.07) is 5.51. The van der Waals surface area contributed by atoms with E-state index in [1.165, 1.54) is 0 Å². The number of carbonyl (C=O) groups excluding carboxylic acids is 3. The van der Waals surface area contributed by atoms with Crippen molar-refractivity contribution in [3.63, 3.8) is 0 Å². The van der Waals surface area contributed by atoms with Crippen LogP contribution in [-0.4, -0.2) is 17.7 Å². The summed E-state index contributed by atoms with van der Waals surface area (Å²) >= 11 is 0. The lowest BCUT2D eigenvalue weighted by atomic mass is 9.75. The van der Waals surface area contributed by atoms with Gasteiger partial charge >= 0.3 is 0 Å². The first-order valence-corrected chi connectivity index (χ1v) is 14.3. The van der Waals surface area contributed by atoms with Gasteiger partial charge in [0.1, 0.15) is 0 Å². The van der Waals surface area contributed by atoms with Crippen molar-refractivity contribution in [2.45, 2.75) is 104 Å². The average Bonchev–Trinajstić information content (AvgIpc) is 2.87. The molecule has 3 amide bonds. The van der Waals surface area contributed by atoms with Gasteiger partial charge in [-0.3, -0.25) is 14.4 Å². The normalized spacial score (nSPS) is 28.1. The predicted octanol–water partition coefficient (Wildman–Crippen LogP) is 7.13. The number of hydrogen-bond acceptors (Lipinski definition) is 3. The van der Waals surface area contributed by atoms with Gasteiger partial charge in [0.05, 0.1) is 17.1 Å². The van der Waals surface area contributed by atoms with Gasteiger partial charge in [0.15, 0.2) is 0 Å². The van der Waals surface area contributed by atoms with E-state index in [1.54, 1.807) is 0 Å². The average molecular weight is 496 g/mol. The quantitative estimate of drug-likeness (QED) is 0.392. The van der Waals surface area contributed by atoms with Crippen molar-refractivity contribution in [3.8, 4) is 0 Å². The Morgan fingerprint density at radius 3 is 1.58 bits per heavy atom. The number of carbonyl (C=O) groups is 3. The second-order valence-corrected chi connectivity index (χ2v) is 12.2. The summed E-state index contributed by atoms with van der Waals surface area (Å²) in [5, 5.41) is 9.37. The van der Waals surface area contributed by atoms with E-state index in [1.807, 2.05) is 25.1 Å². The molecule has 0 radical (unpaired) electrons. The minimum Gasteiger partial charge on any atom is -0.324 e. The van der Waals surface area contributed by atoms with Crippen LogP contribution in [0.15, 0.2) is 18.2 Å². The van der Waals surface area contributed by atoms with Crippen molar-refractivity contribution in [2.75, 3.05) is 16.0 Å². The zero-order valence-electron chi connectivity index (χ0n) is 22.5. The first kappa shape index (κ1) is 26.7. The van der Waals surface area contributed by atoms with Gasteiger partial charge in [0.25, 0.3) is 0 Å². The number of nitrogens with one attached hydrogen (secondary N) is 3. The Kier molecular flexibility index (Phi) is 8.74. The molecule has 0 saturated heterocycles. The highest BCUT2D eigenvalue weighted by molar-refractivity contribution is 6.08. The molecule has 36 heavy (non-hydrogen) atoms. The molecule has 0 aromatic heterocycles. The SMILES string of the molecule is CC1CCC(C(=O)Nc2cccc(NC(=O)C3CCC(C)CC3)c2NC(=O)C2(C)CCCCC2)CC1. The summed E-state index contributed by atoms with van der Waals surface area (Å²) in [7, 11) is 0. The molecule has 3 N–H and O–H groups in total. The topological polar surface area (TPSA) is 87.3 Å². The molecule has 0 unspecified atom stereocenters. The molecule has 1 aromatic rings. The highest BCUT2D eigenvalue weighted by Crippen LogP contribution is 2.40. The second-order valence-electron chi connectivity index (χ2n) is 12.2. The van der Waals surface area contributed by atoms with Crippen molar-refractivity contribution in [3.05, 3.63) is 18.2 Å². The molecule has 4 rings (SSSR count). The van der Waals surface area contributed by atoms with Gasteiger partial charge in [-0.25, -0.2) is 0 Å². The van der Waals surface area contributed by atoms with Crippen molar-refractivity contribution >= 4 is 34.8 Å². The maximum atomic E-state index is 13.5. The molecule has 3 aliphatic carbocycles. The van der Waals surface area contributed by atoms with E-state index in [4.69, 9.17) is 0 Å². The number of para-hydroxylation sites is 1. The van der Waals surface area contributed by atoms with Crippen molar-refractivity contribution in [1.29, 1.82) is 0 Å². The lowest BCUT2D eigenvalue weighted by Gasteiger charge is -2.33. The summed E-state index contributed by atoms with van der Waals surface area (Å²) in [6.07, 6.45) is 12.8. The molecule has 0 atom stereocenters. The molecule has 0 spiro atoms. The van der Waals surface area contributed by atoms with Crippen LogP contribution in [0.1, 0.15) is 104 Å². The second kappa shape index (κ2) is 11.8. The van der Waals surface area contributed by atoms with E-state index in [2.05, 4.69) is 29.8 Å². The van der Waals surface area contributed by atoms with E-state index < -0.39 is 5.41 Å². The number of anilines is 3. The van der Waals surface area contributed by atoms with Gasteiger partial charge in [0, 0.05) is 17.3 Å². The number of hydrogen-bond donors (Lipinski definition) is 3. The number of amides is 3. The lowest BCUT2D eigenvalue weighted by molar-refractivity contribution is -0.126. The van der Waals surface area contributed by atoms with Crippen LogP contribution in [0.3, 0.4) is 0 Å². The molecular formula is C30H45N3O3. The van der Waals surface area contributed by atoms with Gasteiger partial charge in [-0.05, 0) is 88.2 Å². The first-order chi connectivity index (χ1) is 17.2. The fourth-order valence-corrected chi connectivity index (χ4v) is 6.23. The monoisotopic (exact) mass is 495 g/mol. The molecule has 0 aliphatic heterocycles. The highest BCUT2D eigenvalue weighted by Gasteiger charge is 2.36. The van der Waals surface area contributed by atoms with Crippen LogP contribution in [0.25, 0.3) is 0 Å². The van der Waals surface area contributed by atoms with Crippen LogP contribution in [0.2, 0.25) is 0 Å². The Morgan fingerprint density at radius 1 is 0.694 bits per heavy atom. The zero-order valence-corrected chi connectivity index (χ0v) is 22.5. The van der Waals surface area contributed by atoms with Crippen LogP contribution in [-0.2, 0) is 14.4 Å². The Bertz CT molecular complexity index is 883. The standard InChI is InChI=1S/C30H45N3O3/c1-20-10-14-22(15-11-20)27(34)31-24-8-7-9-25(32-28(35)23-16-12-21(2)13-17-23)26(24)33-29(36)30(3)18-5-4-6-19-30/h7-9,20-23H,4-6,10-19H2,1-3H3,(H,31,34)(H,32,35)(H,33,36). The lowest BCUT2D eigenvalue weighted by Crippen LogP contribution is -2.36. The van der Waals surface area contributed by atoms with Gasteiger partial charge in [-0.1, -0.05) is 46.1 Å². The van der Waals surface area contributed by atoms with Crippen LogP contribution < -0.4 is 16.0 Å². The van der Waals surface area contributed by atoms with Gasteiger partial charge in [-0.2, -0.15) is 0 Å². The minimum absolute atomic E-state index is 0.00558. The van der Waals surface area contributed by atoms with Gasteiger partial charge < -0.3 is 16.0 Å². The molecule has 3 fully saturated rings. The Hall–Kier alpha value is -2.37. The van der Waals surface area contributed by atoms with Crippen LogP contribution in [0.5, 0.6) is 0 Å². The van der Waals surface area contributed by atoms with E-state index >= 15 is 0 Å². The van der Waals surface area contributed by atoms with Crippen LogP contribution >= 0.6 is 0 Å². The summed E-state index contributed by atoms with van der Waals surface area (Å²) in [5.74, 6) is 1.29. The van der Waals surface area contributed by atoms with Gasteiger partial charge in [-0.15, -0.1) is 0 Å². The molecular weight excluding hydrogens is 450 g/mol. The summed E-state index contributed by atoms with van der Waals surface area (Å²) < 4.78 is 0. The molecule has 1 aromatic carbocycles. The van der Waals surface area contributed by atoms with E-state index in [0.717, 1.165) is 83.5 Å². The third-order valence-corrected chi connectivity index (χ3v) is 9.10. The van der Waals surface area contributed by atoms with E-state index in [9.17, 15) is 14.4 Å². The molecule has 198 valence electrons. The zero-order chi connectivity index (χ0) is 25.7. The minimum atomic E-state index is -0.435. The fourth-order valence-electron chi connectivity index (χ4n) is 6.23. The summed E-state index contributed by atoms with van der Waals surface area (Å²) in [4.78, 5) is 39.9. The molecule has 3 saturated carbocycles. The molecule has 0 heterocycles. The van der Waals surface area contributed by atoms with Crippen molar-refractivity contribution in [1.82, 2.24) is 0 Å². The predicted molar refractivity (Wildman–Crippen MR) is 146 cm³/mol. The van der Waals surface area contributed by atoms with Crippen LogP contribution in [0, 0.1) is 29.1 Å². The molecule has 6 nitrogen and oxygen atoms in total. The Morgan fingerprint density at radius 2 is 1.14 bits per heavy atom. The largest absolute Gasteiger partial charge is 0.324 e. The maximum Gasteiger partial charge on any atom is 0.230 e. The maximum absolute atomic E-state index is 13.5. The molecule has 3 aliphatic rings. The van der Waals surface area contributed by atoms with Crippen LogP contribution in [0.4, 0.5) is 17.1 Å². The van der Waals surface area contributed by atoms with E-state index in [0.29, 0.717) is 28.9 Å². The molecule has 0 bridgehead atoms. The van der Waals surface area contributed by atoms with Crippen molar-refractivity contribution < 1.29 is 14.4 Å². The Labute approximate surface area is 216 Å². The third kappa shape index (κ3) is 6.49. The fraction of sp³-hybridized carbons (Fsp3) is 0.700. The highest BCUT2D eigenvalue weighted by atomic mass is 16.2. The smallest absolute Gasteiger partial charge is 0.230 e. The van der Waals surface area contributed by atoms with Gasteiger partial charge in [0.2, 0.25) is 17.7 Å². The summed E-state index contributed by atoms with van der Waals surface area (Å²) in [6.45, 7) is 6.52. The third-order valence-electron chi connectivity index (χ3n) is 9.10. The number of rotatable bonds is 6. The first-order valence-electron chi connectivity index (χ1n) is 14.3. The van der Waals surface area contributed by atoms with Crippen molar-refractivity contribution in [2.24, 2.45) is 29.1 Å². The molecule has 6 heteroatoms. The Balaban J connectivity index is 1.56.